The summed E-state index contributed by atoms with van der Waals surface area (Å²) in [5.41, 5.74) is 0.134. The van der Waals surface area contributed by atoms with E-state index < -0.39 is 11.5 Å². The lowest BCUT2D eigenvalue weighted by Gasteiger charge is -2.22. The highest BCUT2D eigenvalue weighted by Crippen LogP contribution is 2.71. The van der Waals surface area contributed by atoms with Crippen molar-refractivity contribution in [3.05, 3.63) is 35.9 Å². The third-order valence-electron chi connectivity index (χ3n) is 4.99. The van der Waals surface area contributed by atoms with Crippen molar-refractivity contribution in [2.24, 2.45) is 17.3 Å². The van der Waals surface area contributed by atoms with Crippen LogP contribution in [0.4, 0.5) is 0 Å². The first kappa shape index (κ1) is 12.7. The first-order valence-corrected chi connectivity index (χ1v) is 7.04. The number of methoxy groups -OCH3 is 1. The minimum atomic E-state index is -0.741. The number of esters is 1. The number of carbonyl (C=O) groups excluding carboxylic acids is 1. The van der Waals surface area contributed by atoms with Crippen LogP contribution in [0.2, 0.25) is 0 Å². The van der Waals surface area contributed by atoms with Crippen molar-refractivity contribution in [3.8, 4) is 0 Å². The quantitative estimate of drug-likeness (QED) is 0.850. The molecule has 3 atom stereocenters. The van der Waals surface area contributed by atoms with Gasteiger partial charge in [-0.25, -0.2) is 0 Å². The molecular weight excluding hydrogens is 240 g/mol. The van der Waals surface area contributed by atoms with E-state index in [2.05, 4.69) is 0 Å². The molecule has 2 aliphatic rings. The molecule has 0 amide bonds. The van der Waals surface area contributed by atoms with Crippen LogP contribution in [0.5, 0.6) is 0 Å². The largest absolute Gasteiger partial charge is 0.468 e. The molecule has 0 aliphatic heterocycles. The monoisotopic (exact) mass is 260 g/mol. The Morgan fingerprint density at radius 2 is 1.84 bits per heavy atom. The molecule has 2 saturated carbocycles. The third kappa shape index (κ3) is 1.71. The predicted molar refractivity (Wildman–Crippen MR) is 71.3 cm³/mol. The molecular formula is C16H20O3. The Morgan fingerprint density at radius 1 is 1.26 bits per heavy atom. The molecule has 1 N–H and O–H groups in total. The van der Waals surface area contributed by atoms with E-state index in [-0.39, 0.29) is 5.97 Å². The first-order valence-electron chi connectivity index (χ1n) is 7.04. The molecule has 0 heterocycles. The Hall–Kier alpha value is -1.35. The van der Waals surface area contributed by atoms with Gasteiger partial charge in [-0.3, -0.25) is 4.79 Å². The molecule has 1 aromatic rings. The van der Waals surface area contributed by atoms with E-state index in [9.17, 15) is 9.90 Å². The van der Waals surface area contributed by atoms with Crippen LogP contribution < -0.4 is 0 Å². The Kier molecular flexibility index (Phi) is 3.09. The van der Waals surface area contributed by atoms with Crippen molar-refractivity contribution in [3.63, 3.8) is 0 Å². The molecule has 2 aliphatic carbocycles. The van der Waals surface area contributed by atoms with Crippen molar-refractivity contribution in [2.45, 2.75) is 31.8 Å². The maximum atomic E-state index is 12.3. The zero-order valence-electron chi connectivity index (χ0n) is 11.2. The zero-order valence-corrected chi connectivity index (χ0v) is 11.2. The van der Waals surface area contributed by atoms with E-state index in [1.807, 2.05) is 30.3 Å². The molecule has 1 aromatic carbocycles. The van der Waals surface area contributed by atoms with Crippen molar-refractivity contribution < 1.29 is 14.6 Å². The number of ether oxygens (including phenoxy) is 1. The molecule has 0 saturated heterocycles. The summed E-state index contributed by atoms with van der Waals surface area (Å²) in [5.74, 6) is 0.355. The van der Waals surface area contributed by atoms with Gasteiger partial charge in [0.1, 0.15) is 5.41 Å². The third-order valence-corrected chi connectivity index (χ3v) is 4.99. The van der Waals surface area contributed by atoms with Crippen LogP contribution in [0.1, 0.15) is 37.4 Å². The minimum Gasteiger partial charge on any atom is -0.468 e. The minimum absolute atomic E-state index is 0.235. The summed E-state index contributed by atoms with van der Waals surface area (Å²) in [5, 5.41) is 10.7. The Morgan fingerprint density at radius 3 is 2.37 bits per heavy atom. The van der Waals surface area contributed by atoms with Gasteiger partial charge in [0.15, 0.2) is 0 Å². The second-order valence-corrected chi connectivity index (χ2v) is 5.74. The number of benzene rings is 1. The Labute approximate surface area is 113 Å². The van der Waals surface area contributed by atoms with Gasteiger partial charge in [0.05, 0.1) is 13.2 Å². The maximum absolute atomic E-state index is 12.3. The molecule has 0 radical (unpaired) electrons. The molecule has 3 heteroatoms. The zero-order chi connectivity index (χ0) is 13.5. The fourth-order valence-electron chi connectivity index (χ4n) is 4.08. The van der Waals surface area contributed by atoms with Crippen LogP contribution in [0.15, 0.2) is 30.3 Å². The highest BCUT2D eigenvalue weighted by Gasteiger charge is 2.73. The van der Waals surface area contributed by atoms with Crippen LogP contribution in [-0.2, 0) is 9.53 Å². The van der Waals surface area contributed by atoms with E-state index in [4.69, 9.17) is 4.74 Å². The van der Waals surface area contributed by atoms with Crippen molar-refractivity contribution >= 4 is 5.97 Å². The maximum Gasteiger partial charge on any atom is 0.315 e. The second-order valence-electron chi connectivity index (χ2n) is 5.74. The number of rotatable bonds is 3. The number of hydrogen-bond donors (Lipinski definition) is 1. The number of hydrogen-bond acceptors (Lipinski definition) is 3. The van der Waals surface area contributed by atoms with Gasteiger partial charge in [-0.15, -0.1) is 0 Å². The molecule has 0 aromatic heterocycles. The van der Waals surface area contributed by atoms with E-state index in [0.717, 1.165) is 31.2 Å². The van der Waals surface area contributed by atoms with Gasteiger partial charge in [0, 0.05) is 0 Å². The summed E-state index contributed by atoms with van der Waals surface area (Å²) in [6, 6.07) is 9.49. The molecule has 102 valence electrons. The lowest BCUT2D eigenvalue weighted by Crippen LogP contribution is -2.29. The molecule has 3 rings (SSSR count). The fraction of sp³-hybridized carbons (Fsp3) is 0.562. The molecule has 0 bridgehead atoms. The normalized spacial score (nSPS) is 34.2. The Bertz CT molecular complexity index is 456. The number of aliphatic hydroxyl groups is 1. The highest BCUT2D eigenvalue weighted by atomic mass is 16.5. The molecule has 19 heavy (non-hydrogen) atoms. The lowest BCUT2D eigenvalue weighted by molar-refractivity contribution is -0.154. The van der Waals surface area contributed by atoms with Crippen LogP contribution in [0.25, 0.3) is 0 Å². The molecule has 0 spiro atoms. The van der Waals surface area contributed by atoms with Gasteiger partial charge < -0.3 is 9.84 Å². The highest BCUT2D eigenvalue weighted by molar-refractivity contribution is 5.82. The van der Waals surface area contributed by atoms with Crippen LogP contribution in [0.3, 0.4) is 0 Å². The van der Waals surface area contributed by atoms with Crippen LogP contribution in [0, 0.1) is 17.3 Å². The molecule has 3 unspecified atom stereocenters. The fourth-order valence-corrected chi connectivity index (χ4v) is 4.08. The van der Waals surface area contributed by atoms with Crippen molar-refractivity contribution in [2.75, 3.05) is 7.11 Å². The molecule has 2 fully saturated rings. The standard InChI is InChI=1S/C16H20O3/c1-19-15(18)16(12-9-5-6-10-13(12)16)14(17)11-7-3-2-4-8-11/h2-4,7-8,12-14,17H,5-6,9-10H2,1H3. The summed E-state index contributed by atoms with van der Waals surface area (Å²) in [4.78, 5) is 12.3. The van der Waals surface area contributed by atoms with Gasteiger partial charge in [0.25, 0.3) is 0 Å². The average molecular weight is 260 g/mol. The van der Waals surface area contributed by atoms with Crippen LogP contribution >= 0.6 is 0 Å². The number of aliphatic hydroxyl groups excluding tert-OH is 1. The lowest BCUT2D eigenvalue weighted by atomic mass is 9.88. The summed E-state index contributed by atoms with van der Waals surface area (Å²) < 4.78 is 5.01. The van der Waals surface area contributed by atoms with Gasteiger partial charge in [-0.05, 0) is 30.2 Å². The van der Waals surface area contributed by atoms with E-state index >= 15 is 0 Å². The Balaban J connectivity index is 1.95. The topological polar surface area (TPSA) is 46.5 Å². The van der Waals surface area contributed by atoms with Crippen molar-refractivity contribution in [1.82, 2.24) is 0 Å². The van der Waals surface area contributed by atoms with Crippen molar-refractivity contribution in [1.29, 1.82) is 0 Å². The summed E-state index contributed by atoms with van der Waals surface area (Å²) >= 11 is 0. The first-order chi connectivity index (χ1) is 9.22. The second kappa shape index (κ2) is 4.64. The van der Waals surface area contributed by atoms with Gasteiger partial charge in [0.2, 0.25) is 0 Å². The van der Waals surface area contributed by atoms with E-state index in [1.54, 1.807) is 0 Å². The smallest absolute Gasteiger partial charge is 0.315 e. The van der Waals surface area contributed by atoms with E-state index in [0.29, 0.717) is 11.8 Å². The number of fused-ring (bicyclic) bond motifs is 1. The SMILES string of the molecule is COC(=O)C1(C(O)c2ccccc2)C2CCCCC21. The van der Waals surface area contributed by atoms with E-state index in [1.165, 1.54) is 7.11 Å². The number of carbonyl (C=O) groups is 1. The average Bonchev–Trinajstić information content (AvgIpc) is 3.16. The summed E-state index contributed by atoms with van der Waals surface area (Å²) in [7, 11) is 1.42. The summed E-state index contributed by atoms with van der Waals surface area (Å²) in [6.45, 7) is 0. The van der Waals surface area contributed by atoms with Gasteiger partial charge in [-0.2, -0.15) is 0 Å². The van der Waals surface area contributed by atoms with Gasteiger partial charge in [-0.1, -0.05) is 43.2 Å². The van der Waals surface area contributed by atoms with Gasteiger partial charge >= 0.3 is 5.97 Å². The predicted octanol–water partition coefficient (Wildman–Crippen LogP) is 2.70. The molecule has 3 nitrogen and oxygen atoms in total. The van der Waals surface area contributed by atoms with Crippen LogP contribution in [-0.4, -0.2) is 18.2 Å². The summed E-state index contributed by atoms with van der Waals surface area (Å²) in [6.07, 6.45) is 3.63.